The van der Waals surface area contributed by atoms with Crippen molar-refractivity contribution in [1.82, 2.24) is 0 Å². The van der Waals surface area contributed by atoms with E-state index < -0.39 is 18.8 Å². The molecule has 12 heteroatoms. The van der Waals surface area contributed by atoms with Gasteiger partial charge in [0.1, 0.15) is 12.2 Å². The molecule has 0 saturated heterocycles. The molecule has 0 amide bonds. The number of aliphatic hydroxyl groups excluding tert-OH is 3. The van der Waals surface area contributed by atoms with Gasteiger partial charge in [0.25, 0.3) is 0 Å². The fraction of sp³-hybridized carbons (Fsp3) is 0.429. The minimum atomic E-state index is -1.52. The predicted molar refractivity (Wildman–Crippen MR) is 77.7 cm³/mol. The Labute approximate surface area is 130 Å². The Morgan fingerprint density at radius 3 is 2.16 bits per heavy atom. The second-order valence-corrected chi connectivity index (χ2v) is 3.80. The molecule has 0 spiro atoms. The zero-order valence-corrected chi connectivity index (χ0v) is 12.2. The van der Waals surface area contributed by atoms with Crippen LogP contribution in [0.4, 0.5) is 0 Å². The van der Waals surface area contributed by atoms with E-state index in [-0.39, 0.29) is 32.4 Å². The zero-order chi connectivity index (χ0) is 14.1. The van der Waals surface area contributed by atoms with Gasteiger partial charge in [-0.2, -0.15) is 0 Å². The fourth-order valence-corrected chi connectivity index (χ4v) is 0.811. The van der Waals surface area contributed by atoms with Gasteiger partial charge >= 0.3 is 0 Å². The van der Waals surface area contributed by atoms with Crippen LogP contribution in [0, 0.1) is 0 Å². The largest absolute Gasteiger partial charge is 0.515 e. The number of nitrogens with two attached hydrogens (primary N) is 2. The Balaban J connectivity index is 0. The van der Waals surface area contributed by atoms with Gasteiger partial charge in [0.15, 0.2) is 34.7 Å². The van der Waals surface area contributed by atoms with Gasteiger partial charge < -0.3 is 36.4 Å². The summed E-state index contributed by atoms with van der Waals surface area (Å²) in [7, 11) is 0. The molecule has 7 N–H and O–H groups in total. The van der Waals surface area contributed by atoms with Crippen molar-refractivity contribution in [2.75, 3.05) is 6.61 Å². The molecule has 0 saturated carbocycles. The maximum absolute atomic E-state index is 9.59. The molecule has 0 rings (SSSR count). The summed E-state index contributed by atoms with van der Waals surface area (Å²) >= 11 is 7.32. The number of thiol groups is 2. The quantitative estimate of drug-likeness (QED) is 0.0831. The van der Waals surface area contributed by atoms with Crippen LogP contribution < -0.4 is 11.5 Å². The minimum absolute atomic E-state index is 0. The SMILES string of the molecule is NC(=[SH+])[N-]N=CC(=N[N-]C(N)=[SH+])C(O)C(O)CO.[Ni]. The maximum Gasteiger partial charge on any atom is 0.183 e. The van der Waals surface area contributed by atoms with Gasteiger partial charge in [-0.05, 0) is 0 Å². The second-order valence-electron chi connectivity index (χ2n) is 2.88. The molecule has 19 heavy (non-hydrogen) atoms. The van der Waals surface area contributed by atoms with Crippen molar-refractivity contribution in [2.24, 2.45) is 21.7 Å². The molecule has 0 aromatic rings. The van der Waals surface area contributed by atoms with E-state index in [0.29, 0.717) is 0 Å². The van der Waals surface area contributed by atoms with Crippen molar-refractivity contribution in [3.05, 3.63) is 10.9 Å². The molecular formula is C7H14N6NiO3S2. The van der Waals surface area contributed by atoms with E-state index in [1.54, 1.807) is 0 Å². The number of rotatable bonds is 6. The standard InChI is InChI=1S/C7H14N6O3S2.Ni/c8-6(17)12-10-1-3(11-13-7(9)18)5(16)4(15)2-14;/h1,4-5,14-16H,2H2,(H6,8,9,10,11,12,13,17,18);. The van der Waals surface area contributed by atoms with E-state index in [1.165, 1.54) is 0 Å². The molecule has 0 fully saturated rings. The molecule has 112 valence electrons. The molecule has 0 aliphatic rings. The number of hydrogen-bond acceptors (Lipinski definition) is 5. The van der Waals surface area contributed by atoms with Crippen LogP contribution in [-0.2, 0) is 40.9 Å². The van der Waals surface area contributed by atoms with E-state index in [2.05, 4.69) is 45.5 Å². The van der Waals surface area contributed by atoms with Crippen molar-refractivity contribution in [3.8, 4) is 0 Å². The van der Waals surface area contributed by atoms with E-state index >= 15 is 0 Å². The molecule has 2 atom stereocenters. The summed E-state index contributed by atoms with van der Waals surface area (Å²) in [6, 6.07) is 0. The van der Waals surface area contributed by atoms with E-state index in [9.17, 15) is 10.2 Å². The van der Waals surface area contributed by atoms with Gasteiger partial charge in [-0.1, -0.05) is 0 Å². The number of aliphatic hydroxyl groups is 3. The Bertz CT molecular complexity index is 367. The van der Waals surface area contributed by atoms with Crippen LogP contribution in [0.2, 0.25) is 0 Å². The van der Waals surface area contributed by atoms with E-state index in [4.69, 9.17) is 16.6 Å². The van der Waals surface area contributed by atoms with E-state index in [0.717, 1.165) is 6.21 Å². The van der Waals surface area contributed by atoms with Gasteiger partial charge in [-0.3, -0.25) is 11.5 Å². The normalized spacial score (nSPS) is 14.5. The average molecular weight is 353 g/mol. The molecular weight excluding hydrogens is 339 g/mol. The van der Waals surface area contributed by atoms with Crippen molar-refractivity contribution in [1.29, 1.82) is 0 Å². The summed E-state index contributed by atoms with van der Waals surface area (Å²) in [5.74, 6) is 0. The van der Waals surface area contributed by atoms with Crippen molar-refractivity contribution in [3.63, 3.8) is 0 Å². The Morgan fingerprint density at radius 1 is 1.21 bits per heavy atom. The summed E-state index contributed by atoms with van der Waals surface area (Å²) < 4.78 is 0. The van der Waals surface area contributed by atoms with Crippen LogP contribution in [0.1, 0.15) is 0 Å². The van der Waals surface area contributed by atoms with Crippen LogP contribution >= 0.6 is 0 Å². The van der Waals surface area contributed by atoms with E-state index in [1.807, 2.05) is 0 Å². The first kappa shape index (κ1) is 20.7. The summed E-state index contributed by atoms with van der Waals surface area (Å²) in [6.07, 6.45) is -2.00. The average Bonchev–Trinajstić information content (AvgIpc) is 2.30. The van der Waals surface area contributed by atoms with Gasteiger partial charge in [0.2, 0.25) is 0 Å². The molecule has 0 radical (unpaired) electrons. The van der Waals surface area contributed by atoms with Crippen LogP contribution in [0.25, 0.3) is 10.9 Å². The topological polar surface area (TPSA) is 166 Å². The smallest absolute Gasteiger partial charge is 0.183 e. The first-order valence-electron chi connectivity index (χ1n) is 4.51. The summed E-state index contributed by atoms with van der Waals surface area (Å²) in [5.41, 5.74) is 16.8. The third kappa shape index (κ3) is 9.93. The Morgan fingerprint density at radius 2 is 1.74 bits per heavy atom. The second kappa shape index (κ2) is 11.3. The summed E-state index contributed by atoms with van der Waals surface area (Å²) in [5, 5.41) is 34.2. The third-order valence-corrected chi connectivity index (χ3v) is 1.65. The Hall–Kier alpha value is -0.586. The molecule has 0 aliphatic carbocycles. The van der Waals surface area contributed by atoms with Gasteiger partial charge in [-0.25, -0.2) is 0 Å². The van der Waals surface area contributed by atoms with Crippen molar-refractivity contribution in [2.45, 2.75) is 12.2 Å². The molecule has 0 bridgehead atoms. The third-order valence-electron chi connectivity index (χ3n) is 1.47. The first-order valence-corrected chi connectivity index (χ1v) is 5.40. The molecule has 2 unspecified atom stereocenters. The molecule has 0 aliphatic heterocycles. The number of nitrogens with zero attached hydrogens (tertiary/aromatic N) is 4. The van der Waals surface area contributed by atoms with Gasteiger partial charge in [0.05, 0.1) is 12.3 Å². The van der Waals surface area contributed by atoms with Crippen LogP contribution in [0.15, 0.2) is 10.2 Å². The summed E-state index contributed by atoms with van der Waals surface area (Å²) in [6.45, 7) is -0.675. The van der Waals surface area contributed by atoms with Crippen LogP contribution in [0.3, 0.4) is 0 Å². The monoisotopic (exact) mass is 352 g/mol. The van der Waals surface area contributed by atoms with Crippen LogP contribution in [-0.4, -0.2) is 56.3 Å². The van der Waals surface area contributed by atoms with Crippen molar-refractivity contribution >= 4 is 46.6 Å². The predicted octanol–water partition coefficient (Wildman–Crippen LogP) is -3.56. The zero-order valence-electron chi connectivity index (χ0n) is 9.44. The maximum atomic E-state index is 9.59. The van der Waals surface area contributed by atoms with Gasteiger partial charge in [0, 0.05) is 22.7 Å². The van der Waals surface area contributed by atoms with Crippen LogP contribution in [0.5, 0.6) is 0 Å². The summed E-state index contributed by atoms with van der Waals surface area (Å²) in [4.78, 5) is 0. The van der Waals surface area contributed by atoms with Crippen molar-refractivity contribution < 1.29 is 31.8 Å². The van der Waals surface area contributed by atoms with Gasteiger partial charge in [-0.15, -0.1) is 0 Å². The fourth-order valence-electron chi connectivity index (χ4n) is 0.714. The number of hydrogen-bond donors (Lipinski definition) is 5. The molecule has 9 nitrogen and oxygen atoms in total. The minimum Gasteiger partial charge on any atom is -0.515 e. The Kier molecular flexibility index (Phi) is 12.3. The molecule has 0 aromatic heterocycles. The first-order chi connectivity index (χ1) is 8.38. The molecule has 0 heterocycles. The molecule has 0 aromatic carbocycles.